The predicted molar refractivity (Wildman–Crippen MR) is 50.7 cm³/mol. The highest BCUT2D eigenvalue weighted by molar-refractivity contribution is 5.71. The molecule has 0 aromatic rings. The van der Waals surface area contributed by atoms with E-state index in [2.05, 4.69) is 0 Å². The fraction of sp³-hybridized carbons (Fsp3) is 0.700. The molecule has 0 spiro atoms. The van der Waals surface area contributed by atoms with Crippen LogP contribution < -0.4 is 0 Å². The number of hydrogen-bond donors (Lipinski definition) is 0. The second kappa shape index (κ2) is 4.57. The van der Waals surface area contributed by atoms with Crippen molar-refractivity contribution >= 4 is 5.97 Å². The zero-order valence-electron chi connectivity index (χ0n) is 8.78. The SMILES string of the molecule is CC[C@H]1C=CC(OC)(OC)CC(=O)O1. The topological polar surface area (TPSA) is 44.8 Å². The standard InChI is InChI=1S/C10H16O4/c1-4-8-5-6-10(12-2,13-3)7-9(11)14-8/h5-6,8H,4,7H2,1-3H3/t8-/m0/s1. The van der Waals surface area contributed by atoms with Gasteiger partial charge in [-0.2, -0.15) is 0 Å². The molecule has 1 heterocycles. The first kappa shape index (κ1) is 11.2. The van der Waals surface area contributed by atoms with Gasteiger partial charge in [0, 0.05) is 14.2 Å². The Morgan fingerprint density at radius 2 is 2.21 bits per heavy atom. The van der Waals surface area contributed by atoms with E-state index in [1.165, 1.54) is 14.2 Å². The molecule has 0 N–H and O–H groups in total. The molecule has 80 valence electrons. The van der Waals surface area contributed by atoms with Crippen LogP contribution in [0.15, 0.2) is 12.2 Å². The molecule has 0 bridgehead atoms. The van der Waals surface area contributed by atoms with E-state index < -0.39 is 5.79 Å². The molecule has 0 aliphatic carbocycles. The summed E-state index contributed by atoms with van der Waals surface area (Å²) in [7, 11) is 3.01. The zero-order chi connectivity index (χ0) is 10.6. The highest BCUT2D eigenvalue weighted by Crippen LogP contribution is 2.23. The largest absolute Gasteiger partial charge is 0.458 e. The Morgan fingerprint density at radius 1 is 1.57 bits per heavy atom. The third kappa shape index (κ3) is 2.33. The summed E-state index contributed by atoms with van der Waals surface area (Å²) < 4.78 is 15.5. The van der Waals surface area contributed by atoms with Gasteiger partial charge in [0.25, 0.3) is 0 Å². The van der Waals surface area contributed by atoms with Crippen LogP contribution in [0, 0.1) is 0 Å². The molecule has 0 fully saturated rings. The summed E-state index contributed by atoms with van der Waals surface area (Å²) in [4.78, 5) is 11.4. The zero-order valence-corrected chi connectivity index (χ0v) is 8.78. The molecule has 0 radical (unpaired) electrons. The van der Waals surface area contributed by atoms with E-state index in [-0.39, 0.29) is 18.5 Å². The number of hydrogen-bond acceptors (Lipinski definition) is 4. The molecule has 0 unspecified atom stereocenters. The molecule has 0 aromatic carbocycles. The maximum absolute atomic E-state index is 11.4. The molecule has 0 saturated carbocycles. The molecule has 0 saturated heterocycles. The van der Waals surface area contributed by atoms with Gasteiger partial charge in [0.15, 0.2) is 5.79 Å². The van der Waals surface area contributed by atoms with Crippen LogP contribution in [0.25, 0.3) is 0 Å². The van der Waals surface area contributed by atoms with Crippen LogP contribution in [0.5, 0.6) is 0 Å². The smallest absolute Gasteiger partial charge is 0.312 e. The Hall–Kier alpha value is -0.870. The summed E-state index contributed by atoms with van der Waals surface area (Å²) in [5, 5.41) is 0. The van der Waals surface area contributed by atoms with E-state index in [9.17, 15) is 4.79 Å². The van der Waals surface area contributed by atoms with E-state index in [0.29, 0.717) is 0 Å². The van der Waals surface area contributed by atoms with Crippen molar-refractivity contribution in [2.24, 2.45) is 0 Å². The third-order valence-electron chi connectivity index (χ3n) is 2.33. The lowest BCUT2D eigenvalue weighted by atomic mass is 10.1. The summed E-state index contributed by atoms with van der Waals surface area (Å²) in [6.45, 7) is 1.95. The summed E-state index contributed by atoms with van der Waals surface area (Å²) in [6.07, 6.45) is 4.22. The Kier molecular flexibility index (Phi) is 3.66. The molecule has 1 aliphatic heterocycles. The summed E-state index contributed by atoms with van der Waals surface area (Å²) in [5.41, 5.74) is 0. The first-order valence-corrected chi connectivity index (χ1v) is 4.65. The summed E-state index contributed by atoms with van der Waals surface area (Å²) in [6, 6.07) is 0. The number of rotatable bonds is 3. The quantitative estimate of drug-likeness (QED) is 0.391. The van der Waals surface area contributed by atoms with Crippen LogP contribution in [0.3, 0.4) is 0 Å². The van der Waals surface area contributed by atoms with Crippen molar-refractivity contribution in [3.63, 3.8) is 0 Å². The minimum absolute atomic E-state index is 0.0903. The fourth-order valence-electron chi connectivity index (χ4n) is 1.35. The Labute approximate surface area is 83.8 Å². The lowest BCUT2D eigenvalue weighted by molar-refractivity contribution is -0.187. The Balaban J connectivity index is 2.84. The van der Waals surface area contributed by atoms with Crippen molar-refractivity contribution in [3.8, 4) is 0 Å². The average Bonchev–Trinajstić information content (AvgIpc) is 2.37. The van der Waals surface area contributed by atoms with Gasteiger partial charge in [-0.15, -0.1) is 0 Å². The maximum atomic E-state index is 11.4. The number of methoxy groups -OCH3 is 2. The van der Waals surface area contributed by atoms with Gasteiger partial charge in [-0.1, -0.05) is 6.92 Å². The second-order valence-electron chi connectivity index (χ2n) is 3.19. The van der Waals surface area contributed by atoms with E-state index in [1.807, 2.05) is 6.92 Å². The minimum Gasteiger partial charge on any atom is -0.458 e. The van der Waals surface area contributed by atoms with Gasteiger partial charge in [-0.3, -0.25) is 4.79 Å². The summed E-state index contributed by atoms with van der Waals surface area (Å²) in [5.74, 6) is -1.26. The van der Waals surface area contributed by atoms with Crippen LogP contribution in [0.4, 0.5) is 0 Å². The van der Waals surface area contributed by atoms with Gasteiger partial charge in [-0.25, -0.2) is 0 Å². The van der Waals surface area contributed by atoms with Gasteiger partial charge in [-0.05, 0) is 18.6 Å². The van der Waals surface area contributed by atoms with Gasteiger partial charge < -0.3 is 14.2 Å². The maximum Gasteiger partial charge on any atom is 0.312 e. The molecular formula is C10H16O4. The van der Waals surface area contributed by atoms with Gasteiger partial charge in [0.05, 0.1) is 0 Å². The molecule has 4 nitrogen and oxygen atoms in total. The Bertz CT molecular complexity index is 230. The molecule has 0 aromatic heterocycles. The van der Waals surface area contributed by atoms with Crippen LogP contribution >= 0.6 is 0 Å². The molecule has 0 amide bonds. The fourth-order valence-corrected chi connectivity index (χ4v) is 1.35. The van der Waals surface area contributed by atoms with Crippen LogP contribution in [-0.4, -0.2) is 32.1 Å². The van der Waals surface area contributed by atoms with E-state index in [0.717, 1.165) is 6.42 Å². The lowest BCUT2D eigenvalue weighted by Gasteiger charge is -2.24. The summed E-state index contributed by atoms with van der Waals surface area (Å²) >= 11 is 0. The van der Waals surface area contributed by atoms with Crippen molar-refractivity contribution in [3.05, 3.63) is 12.2 Å². The van der Waals surface area contributed by atoms with Gasteiger partial charge in [0.1, 0.15) is 12.5 Å². The van der Waals surface area contributed by atoms with Crippen LogP contribution in [-0.2, 0) is 19.0 Å². The van der Waals surface area contributed by atoms with E-state index in [4.69, 9.17) is 14.2 Å². The average molecular weight is 200 g/mol. The van der Waals surface area contributed by atoms with E-state index in [1.54, 1.807) is 12.2 Å². The third-order valence-corrected chi connectivity index (χ3v) is 2.33. The molecule has 1 aliphatic rings. The number of cyclic esters (lactones) is 1. The van der Waals surface area contributed by atoms with Crippen molar-refractivity contribution in [1.82, 2.24) is 0 Å². The van der Waals surface area contributed by atoms with Crippen molar-refractivity contribution in [2.45, 2.75) is 31.7 Å². The molecule has 1 atom stereocenters. The first-order valence-electron chi connectivity index (χ1n) is 4.65. The number of carbonyl (C=O) groups excluding carboxylic acids is 1. The van der Waals surface area contributed by atoms with Gasteiger partial charge in [0.2, 0.25) is 0 Å². The molecule has 1 rings (SSSR count). The Morgan fingerprint density at radius 3 is 2.71 bits per heavy atom. The van der Waals surface area contributed by atoms with Crippen LogP contribution in [0.2, 0.25) is 0 Å². The predicted octanol–water partition coefficient (Wildman–Crippen LogP) is 1.26. The van der Waals surface area contributed by atoms with Crippen molar-refractivity contribution in [2.75, 3.05) is 14.2 Å². The molecule has 14 heavy (non-hydrogen) atoms. The van der Waals surface area contributed by atoms with Crippen LogP contribution in [0.1, 0.15) is 19.8 Å². The first-order chi connectivity index (χ1) is 6.65. The molecule has 4 heteroatoms. The minimum atomic E-state index is -0.957. The van der Waals surface area contributed by atoms with Crippen molar-refractivity contribution in [1.29, 1.82) is 0 Å². The van der Waals surface area contributed by atoms with E-state index >= 15 is 0 Å². The number of esters is 1. The van der Waals surface area contributed by atoms with Gasteiger partial charge >= 0.3 is 5.97 Å². The monoisotopic (exact) mass is 200 g/mol. The molecular weight excluding hydrogens is 184 g/mol. The number of ether oxygens (including phenoxy) is 3. The number of carbonyl (C=O) groups is 1. The highest BCUT2D eigenvalue weighted by Gasteiger charge is 2.33. The second-order valence-corrected chi connectivity index (χ2v) is 3.19. The highest BCUT2D eigenvalue weighted by atomic mass is 16.7. The van der Waals surface area contributed by atoms with Crippen molar-refractivity contribution < 1.29 is 19.0 Å². The lowest BCUT2D eigenvalue weighted by Crippen LogP contribution is -2.33. The normalized spacial score (nSPS) is 25.6.